The van der Waals surface area contributed by atoms with E-state index in [1.807, 2.05) is 30.6 Å². The van der Waals surface area contributed by atoms with Crippen molar-refractivity contribution in [3.05, 3.63) is 35.6 Å². The zero-order valence-corrected chi connectivity index (χ0v) is 10.0. The Balaban J connectivity index is 2.37. The lowest BCUT2D eigenvalue weighted by molar-refractivity contribution is 0.585. The van der Waals surface area contributed by atoms with Gasteiger partial charge in [-0.3, -0.25) is 4.98 Å². The summed E-state index contributed by atoms with van der Waals surface area (Å²) in [6.07, 6.45) is 3.72. The normalized spacial score (nSPS) is 11.7. The van der Waals surface area contributed by atoms with Crippen LogP contribution in [0.4, 0.5) is 0 Å². The van der Waals surface area contributed by atoms with E-state index in [0.717, 1.165) is 15.6 Å². The lowest BCUT2D eigenvalue weighted by Crippen LogP contribution is -2.09. The molecule has 2 heterocycles. The maximum atomic E-state index is 4.44. The van der Waals surface area contributed by atoms with Crippen LogP contribution in [0, 0.1) is 0 Å². The smallest absolute Gasteiger partial charge is 0.0985 e. The standard InChI is InChI=1S/C12H14N2S/c1-12(2,3)11-14-8-10(15-11)9-6-4-5-7-13-9/h4-8H,1-3H3. The average molecular weight is 218 g/mol. The molecular weight excluding hydrogens is 204 g/mol. The van der Waals surface area contributed by atoms with Gasteiger partial charge in [0.15, 0.2) is 0 Å². The number of nitrogens with zero attached hydrogens (tertiary/aromatic N) is 2. The van der Waals surface area contributed by atoms with Gasteiger partial charge >= 0.3 is 0 Å². The maximum absolute atomic E-state index is 4.44. The van der Waals surface area contributed by atoms with Gasteiger partial charge in [-0.15, -0.1) is 11.3 Å². The lowest BCUT2D eigenvalue weighted by Gasteiger charge is -2.13. The van der Waals surface area contributed by atoms with Crippen LogP contribution >= 0.6 is 11.3 Å². The highest BCUT2D eigenvalue weighted by Gasteiger charge is 2.18. The second-order valence-corrected chi connectivity index (χ2v) is 5.53. The molecule has 0 unspecified atom stereocenters. The van der Waals surface area contributed by atoms with Crippen LogP contribution < -0.4 is 0 Å². The summed E-state index contributed by atoms with van der Waals surface area (Å²) in [6.45, 7) is 6.52. The van der Waals surface area contributed by atoms with Crippen LogP contribution in [0.15, 0.2) is 30.6 Å². The Kier molecular flexibility index (Phi) is 2.57. The van der Waals surface area contributed by atoms with Crippen LogP contribution in [0.1, 0.15) is 25.8 Å². The second kappa shape index (κ2) is 3.74. The SMILES string of the molecule is CC(C)(C)c1ncc(-c2ccccn2)s1. The molecule has 0 radical (unpaired) electrons. The molecule has 78 valence electrons. The molecule has 0 saturated carbocycles. The summed E-state index contributed by atoms with van der Waals surface area (Å²) in [5.41, 5.74) is 1.13. The molecule has 15 heavy (non-hydrogen) atoms. The molecule has 0 N–H and O–H groups in total. The van der Waals surface area contributed by atoms with Crippen molar-refractivity contribution in [1.82, 2.24) is 9.97 Å². The minimum Gasteiger partial charge on any atom is -0.255 e. The Morgan fingerprint density at radius 1 is 1.13 bits per heavy atom. The van der Waals surface area contributed by atoms with Crippen molar-refractivity contribution in [3.8, 4) is 10.6 Å². The topological polar surface area (TPSA) is 25.8 Å². The highest BCUT2D eigenvalue weighted by atomic mass is 32.1. The van der Waals surface area contributed by atoms with Crippen molar-refractivity contribution in [2.45, 2.75) is 26.2 Å². The third-order valence-corrected chi connectivity index (χ3v) is 3.51. The number of rotatable bonds is 1. The Hall–Kier alpha value is -1.22. The van der Waals surface area contributed by atoms with Gasteiger partial charge in [-0.25, -0.2) is 4.98 Å². The third kappa shape index (κ3) is 2.23. The van der Waals surface area contributed by atoms with Crippen molar-refractivity contribution >= 4 is 11.3 Å². The number of hydrogen-bond donors (Lipinski definition) is 0. The van der Waals surface area contributed by atoms with Crippen molar-refractivity contribution in [2.24, 2.45) is 0 Å². The van der Waals surface area contributed by atoms with Crippen LogP contribution in [0.3, 0.4) is 0 Å². The van der Waals surface area contributed by atoms with Gasteiger partial charge in [0.2, 0.25) is 0 Å². The molecule has 0 aromatic carbocycles. The highest BCUT2D eigenvalue weighted by molar-refractivity contribution is 7.15. The van der Waals surface area contributed by atoms with Gasteiger partial charge in [0.1, 0.15) is 0 Å². The van der Waals surface area contributed by atoms with E-state index >= 15 is 0 Å². The van der Waals surface area contributed by atoms with Crippen LogP contribution in [-0.4, -0.2) is 9.97 Å². The maximum Gasteiger partial charge on any atom is 0.0985 e. The molecule has 3 heteroatoms. The summed E-state index contributed by atoms with van der Waals surface area (Å²) in [5, 5.41) is 1.16. The Bertz CT molecular complexity index is 440. The van der Waals surface area contributed by atoms with E-state index in [1.165, 1.54) is 0 Å². The Morgan fingerprint density at radius 2 is 1.93 bits per heavy atom. The fraction of sp³-hybridized carbons (Fsp3) is 0.333. The van der Waals surface area contributed by atoms with Crippen LogP contribution in [0.25, 0.3) is 10.6 Å². The zero-order chi connectivity index (χ0) is 10.9. The molecular formula is C12H14N2S. The van der Waals surface area contributed by atoms with Crippen molar-refractivity contribution in [3.63, 3.8) is 0 Å². The van der Waals surface area contributed by atoms with E-state index in [1.54, 1.807) is 11.3 Å². The van der Waals surface area contributed by atoms with Gasteiger partial charge in [0.05, 0.1) is 15.6 Å². The molecule has 2 aromatic rings. The fourth-order valence-electron chi connectivity index (χ4n) is 1.25. The highest BCUT2D eigenvalue weighted by Crippen LogP contribution is 2.31. The first-order chi connectivity index (χ1) is 7.07. The van der Waals surface area contributed by atoms with E-state index in [0.29, 0.717) is 0 Å². The molecule has 0 aliphatic rings. The third-order valence-electron chi connectivity index (χ3n) is 2.06. The van der Waals surface area contributed by atoms with Gasteiger partial charge < -0.3 is 0 Å². The number of aromatic nitrogens is 2. The molecule has 0 aliphatic carbocycles. The monoisotopic (exact) mass is 218 g/mol. The average Bonchev–Trinajstić information content (AvgIpc) is 2.67. The summed E-state index contributed by atoms with van der Waals surface area (Å²) in [6, 6.07) is 5.94. The number of thiazole rings is 1. The second-order valence-electron chi connectivity index (χ2n) is 4.49. The first-order valence-electron chi connectivity index (χ1n) is 4.95. The van der Waals surface area contributed by atoms with Gasteiger partial charge in [-0.1, -0.05) is 26.8 Å². The predicted molar refractivity (Wildman–Crippen MR) is 64.0 cm³/mol. The zero-order valence-electron chi connectivity index (χ0n) is 9.19. The van der Waals surface area contributed by atoms with E-state index in [-0.39, 0.29) is 5.41 Å². The Labute approximate surface area is 94.0 Å². The number of pyridine rings is 1. The molecule has 2 rings (SSSR count). The first kappa shape index (κ1) is 10.3. The summed E-state index contributed by atoms with van der Waals surface area (Å²) in [7, 11) is 0. The molecule has 0 aliphatic heterocycles. The molecule has 2 aromatic heterocycles. The quantitative estimate of drug-likeness (QED) is 0.732. The molecule has 0 amide bonds. The summed E-state index contributed by atoms with van der Waals surface area (Å²) >= 11 is 1.72. The molecule has 2 nitrogen and oxygen atoms in total. The summed E-state index contributed by atoms with van der Waals surface area (Å²) in [5.74, 6) is 0. The first-order valence-corrected chi connectivity index (χ1v) is 5.77. The largest absolute Gasteiger partial charge is 0.255 e. The predicted octanol–water partition coefficient (Wildman–Crippen LogP) is 3.50. The van der Waals surface area contributed by atoms with Crippen LogP contribution in [0.2, 0.25) is 0 Å². The minimum atomic E-state index is 0.123. The van der Waals surface area contributed by atoms with Crippen LogP contribution in [-0.2, 0) is 5.41 Å². The molecule has 0 atom stereocenters. The van der Waals surface area contributed by atoms with Crippen molar-refractivity contribution in [2.75, 3.05) is 0 Å². The summed E-state index contributed by atoms with van der Waals surface area (Å²) < 4.78 is 0. The van der Waals surface area contributed by atoms with Crippen molar-refractivity contribution < 1.29 is 0 Å². The lowest BCUT2D eigenvalue weighted by atomic mass is 9.98. The van der Waals surface area contributed by atoms with E-state index < -0.39 is 0 Å². The van der Waals surface area contributed by atoms with Gasteiger partial charge in [0.25, 0.3) is 0 Å². The van der Waals surface area contributed by atoms with Crippen molar-refractivity contribution in [1.29, 1.82) is 0 Å². The van der Waals surface area contributed by atoms with E-state index in [2.05, 4.69) is 30.7 Å². The molecule has 0 saturated heterocycles. The fourth-order valence-corrected chi connectivity index (χ4v) is 2.20. The Morgan fingerprint density at radius 3 is 2.47 bits per heavy atom. The van der Waals surface area contributed by atoms with Gasteiger partial charge in [0, 0.05) is 17.8 Å². The number of hydrogen-bond acceptors (Lipinski definition) is 3. The molecule has 0 bridgehead atoms. The van der Waals surface area contributed by atoms with E-state index in [9.17, 15) is 0 Å². The van der Waals surface area contributed by atoms with Gasteiger partial charge in [-0.2, -0.15) is 0 Å². The molecule has 0 fully saturated rings. The van der Waals surface area contributed by atoms with Gasteiger partial charge in [-0.05, 0) is 12.1 Å². The van der Waals surface area contributed by atoms with Crippen LogP contribution in [0.5, 0.6) is 0 Å². The summed E-state index contributed by atoms with van der Waals surface area (Å²) in [4.78, 5) is 9.90. The van der Waals surface area contributed by atoms with E-state index in [4.69, 9.17) is 0 Å². The molecule has 0 spiro atoms. The minimum absolute atomic E-state index is 0.123.